The normalized spacial score (nSPS) is 24.9. The number of hydrogen-bond donors (Lipinski definition) is 0. The Labute approximate surface area is 126 Å². The molecule has 2 bridgehead atoms. The van der Waals surface area contributed by atoms with Crippen molar-refractivity contribution in [2.75, 3.05) is 6.54 Å². The Bertz CT molecular complexity index is 629. The van der Waals surface area contributed by atoms with Gasteiger partial charge in [-0.2, -0.15) is 0 Å². The van der Waals surface area contributed by atoms with Crippen molar-refractivity contribution in [1.82, 2.24) is 4.90 Å². The van der Waals surface area contributed by atoms with Gasteiger partial charge in [-0.05, 0) is 35.5 Å². The molecule has 0 N–H and O–H groups in total. The minimum Gasteiger partial charge on any atom is -0.295 e. The molecule has 1 fully saturated rings. The summed E-state index contributed by atoms with van der Waals surface area (Å²) in [6.07, 6.45) is 5.06. The van der Waals surface area contributed by atoms with Crippen molar-refractivity contribution >= 4 is 5.57 Å². The molecule has 1 nitrogen and oxygen atoms in total. The molecule has 2 aromatic rings. The molecular weight excluding hydrogens is 254 g/mol. The zero-order chi connectivity index (χ0) is 14.1. The van der Waals surface area contributed by atoms with Gasteiger partial charge in [0, 0.05) is 19.1 Å². The largest absolute Gasteiger partial charge is 0.295 e. The highest BCUT2D eigenvalue weighted by atomic mass is 15.2. The fourth-order valence-corrected chi connectivity index (χ4v) is 3.84. The monoisotopic (exact) mass is 275 g/mol. The molecular formula is C20H21N. The van der Waals surface area contributed by atoms with Gasteiger partial charge >= 0.3 is 0 Å². The summed E-state index contributed by atoms with van der Waals surface area (Å²) < 4.78 is 0. The van der Waals surface area contributed by atoms with Crippen LogP contribution in [0.25, 0.3) is 5.57 Å². The number of nitrogens with zero attached hydrogens (tertiary/aromatic N) is 1. The van der Waals surface area contributed by atoms with Gasteiger partial charge in [0.2, 0.25) is 0 Å². The third-order valence-electron chi connectivity index (χ3n) is 4.83. The molecule has 0 spiro atoms. The average Bonchev–Trinajstić information content (AvgIpc) is 2.82. The molecule has 1 heterocycles. The van der Waals surface area contributed by atoms with E-state index in [0.29, 0.717) is 0 Å². The maximum Gasteiger partial charge on any atom is 0.0237 e. The Morgan fingerprint density at radius 2 is 1.62 bits per heavy atom. The summed E-state index contributed by atoms with van der Waals surface area (Å²) in [7, 11) is 0. The van der Waals surface area contributed by atoms with Crippen LogP contribution in [0, 0.1) is 5.92 Å². The van der Waals surface area contributed by atoms with Crippen molar-refractivity contribution in [2.24, 2.45) is 5.92 Å². The summed E-state index contributed by atoms with van der Waals surface area (Å²) in [6, 6.07) is 22.5. The van der Waals surface area contributed by atoms with Crippen molar-refractivity contribution in [3.8, 4) is 0 Å². The number of rotatable bonds is 3. The standard InChI is InChI=1S/C20H21N/c1-3-7-16(8-4-1)14-21-15-17-11-19(13-20(21)12-17)18-9-5-2-6-10-18/h1-11,17,20H,12-15H2/t17-,20-/m1/s1. The van der Waals surface area contributed by atoms with Gasteiger partial charge in [0.15, 0.2) is 0 Å². The second-order valence-electron chi connectivity index (χ2n) is 6.33. The predicted molar refractivity (Wildman–Crippen MR) is 87.8 cm³/mol. The Kier molecular flexibility index (Phi) is 3.36. The first kappa shape index (κ1) is 12.8. The van der Waals surface area contributed by atoms with E-state index in [1.54, 1.807) is 5.57 Å². The first-order chi connectivity index (χ1) is 10.4. The summed E-state index contributed by atoms with van der Waals surface area (Å²) >= 11 is 0. The molecule has 0 unspecified atom stereocenters. The van der Waals surface area contributed by atoms with E-state index in [4.69, 9.17) is 0 Å². The predicted octanol–water partition coefficient (Wildman–Crippen LogP) is 4.36. The lowest BCUT2D eigenvalue weighted by Crippen LogP contribution is -2.28. The van der Waals surface area contributed by atoms with Crippen LogP contribution in [0.4, 0.5) is 0 Å². The van der Waals surface area contributed by atoms with Gasteiger partial charge < -0.3 is 0 Å². The topological polar surface area (TPSA) is 3.24 Å². The van der Waals surface area contributed by atoms with E-state index in [1.165, 1.54) is 30.5 Å². The number of likely N-dealkylation sites (tertiary alicyclic amines) is 1. The molecule has 1 saturated heterocycles. The van der Waals surface area contributed by atoms with Crippen molar-refractivity contribution in [2.45, 2.75) is 25.4 Å². The van der Waals surface area contributed by atoms with E-state index in [1.807, 2.05) is 0 Å². The van der Waals surface area contributed by atoms with Gasteiger partial charge in [0.1, 0.15) is 0 Å². The lowest BCUT2D eigenvalue weighted by atomic mass is 9.87. The molecule has 1 heteroatoms. The smallest absolute Gasteiger partial charge is 0.0237 e. The van der Waals surface area contributed by atoms with Gasteiger partial charge in [-0.25, -0.2) is 0 Å². The molecule has 0 radical (unpaired) electrons. The second kappa shape index (κ2) is 5.50. The fourth-order valence-electron chi connectivity index (χ4n) is 3.84. The number of fused-ring (bicyclic) bond motifs is 2. The van der Waals surface area contributed by atoms with Gasteiger partial charge in [-0.1, -0.05) is 66.7 Å². The summed E-state index contributed by atoms with van der Waals surface area (Å²) in [5.41, 5.74) is 4.40. The summed E-state index contributed by atoms with van der Waals surface area (Å²) in [4.78, 5) is 2.67. The Morgan fingerprint density at radius 1 is 0.905 bits per heavy atom. The van der Waals surface area contributed by atoms with E-state index in [-0.39, 0.29) is 0 Å². The highest BCUT2D eigenvalue weighted by molar-refractivity contribution is 5.67. The molecule has 0 saturated carbocycles. The maximum absolute atomic E-state index is 2.67. The van der Waals surface area contributed by atoms with Crippen LogP contribution < -0.4 is 0 Å². The zero-order valence-electron chi connectivity index (χ0n) is 12.3. The summed E-state index contributed by atoms with van der Waals surface area (Å²) in [5, 5.41) is 0. The van der Waals surface area contributed by atoms with Crippen molar-refractivity contribution in [1.29, 1.82) is 0 Å². The first-order valence-corrected chi connectivity index (χ1v) is 7.92. The quantitative estimate of drug-likeness (QED) is 0.804. The zero-order valence-corrected chi connectivity index (χ0v) is 12.3. The molecule has 21 heavy (non-hydrogen) atoms. The Morgan fingerprint density at radius 3 is 2.38 bits per heavy atom. The van der Waals surface area contributed by atoms with Gasteiger partial charge in [0.25, 0.3) is 0 Å². The van der Waals surface area contributed by atoms with Crippen LogP contribution in [0.5, 0.6) is 0 Å². The highest BCUT2D eigenvalue weighted by Crippen LogP contribution is 2.38. The lowest BCUT2D eigenvalue weighted by Gasteiger charge is -2.25. The van der Waals surface area contributed by atoms with Crippen LogP contribution in [-0.4, -0.2) is 17.5 Å². The van der Waals surface area contributed by atoms with E-state index < -0.39 is 0 Å². The summed E-state index contributed by atoms with van der Waals surface area (Å²) in [5.74, 6) is 0.739. The molecule has 1 aliphatic heterocycles. The molecule has 1 aliphatic carbocycles. The Balaban J connectivity index is 1.50. The SMILES string of the molecule is C1=C(c2ccccc2)C[C@H]2C[C@@H]1CN2Cc1ccccc1. The van der Waals surface area contributed by atoms with Gasteiger partial charge in [0.05, 0.1) is 0 Å². The van der Waals surface area contributed by atoms with E-state index >= 15 is 0 Å². The molecule has 2 aromatic carbocycles. The van der Waals surface area contributed by atoms with Crippen LogP contribution in [-0.2, 0) is 6.54 Å². The third-order valence-corrected chi connectivity index (χ3v) is 4.83. The van der Waals surface area contributed by atoms with Crippen LogP contribution in [0.1, 0.15) is 24.0 Å². The molecule has 0 amide bonds. The molecule has 4 rings (SSSR count). The van der Waals surface area contributed by atoms with E-state index in [0.717, 1.165) is 18.5 Å². The van der Waals surface area contributed by atoms with E-state index in [9.17, 15) is 0 Å². The molecule has 2 atom stereocenters. The van der Waals surface area contributed by atoms with Crippen LogP contribution in [0.2, 0.25) is 0 Å². The minimum absolute atomic E-state index is 0.718. The fraction of sp³-hybridized carbons (Fsp3) is 0.300. The van der Waals surface area contributed by atoms with Crippen molar-refractivity contribution in [3.05, 3.63) is 77.9 Å². The molecule has 106 valence electrons. The third kappa shape index (κ3) is 2.66. The van der Waals surface area contributed by atoms with Crippen LogP contribution >= 0.6 is 0 Å². The van der Waals surface area contributed by atoms with Crippen LogP contribution in [0.15, 0.2) is 66.7 Å². The Hall–Kier alpha value is -1.86. The number of hydrogen-bond acceptors (Lipinski definition) is 1. The van der Waals surface area contributed by atoms with Crippen molar-refractivity contribution in [3.63, 3.8) is 0 Å². The van der Waals surface area contributed by atoms with Gasteiger partial charge in [-0.15, -0.1) is 0 Å². The second-order valence-corrected chi connectivity index (χ2v) is 6.33. The molecule has 2 aliphatic rings. The summed E-state index contributed by atoms with van der Waals surface area (Å²) in [6.45, 7) is 2.31. The highest BCUT2D eigenvalue weighted by Gasteiger charge is 2.35. The average molecular weight is 275 g/mol. The first-order valence-electron chi connectivity index (χ1n) is 7.92. The van der Waals surface area contributed by atoms with E-state index in [2.05, 4.69) is 71.6 Å². The van der Waals surface area contributed by atoms with Gasteiger partial charge in [-0.3, -0.25) is 4.90 Å². The molecule has 0 aromatic heterocycles. The minimum atomic E-state index is 0.718. The maximum atomic E-state index is 2.67. The number of benzene rings is 2. The van der Waals surface area contributed by atoms with Crippen LogP contribution in [0.3, 0.4) is 0 Å². The van der Waals surface area contributed by atoms with Crippen molar-refractivity contribution < 1.29 is 0 Å². The lowest BCUT2D eigenvalue weighted by molar-refractivity contribution is 0.248.